The van der Waals surface area contributed by atoms with Gasteiger partial charge in [0.2, 0.25) is 0 Å². The molecule has 1 aromatic rings. The summed E-state index contributed by atoms with van der Waals surface area (Å²) in [5.74, 6) is 3.14. The third-order valence-electron chi connectivity index (χ3n) is 6.20. The quantitative estimate of drug-likeness (QED) is 0.503. The van der Waals surface area contributed by atoms with Crippen molar-refractivity contribution in [2.24, 2.45) is 17.8 Å². The zero-order valence-electron chi connectivity index (χ0n) is 15.0. The zero-order chi connectivity index (χ0) is 16.8. The van der Waals surface area contributed by atoms with E-state index < -0.39 is 0 Å². The van der Waals surface area contributed by atoms with Crippen LogP contribution in [0.5, 0.6) is 0 Å². The highest BCUT2D eigenvalue weighted by atomic mass is 14.3. The Morgan fingerprint density at radius 1 is 0.875 bits per heavy atom. The minimum atomic E-state index is 0.624. The van der Waals surface area contributed by atoms with Crippen molar-refractivity contribution in [1.82, 2.24) is 0 Å². The first-order valence-corrected chi connectivity index (χ1v) is 9.80. The Morgan fingerprint density at radius 3 is 2.21 bits per heavy atom. The molecule has 0 heterocycles. The second kappa shape index (κ2) is 8.51. The van der Waals surface area contributed by atoms with Gasteiger partial charge in [-0.05, 0) is 80.2 Å². The molecule has 2 aliphatic rings. The molecule has 0 aliphatic heterocycles. The van der Waals surface area contributed by atoms with Crippen LogP contribution >= 0.6 is 0 Å². The molecule has 128 valence electrons. The van der Waals surface area contributed by atoms with Gasteiger partial charge in [-0.2, -0.15) is 0 Å². The molecule has 0 bridgehead atoms. The van der Waals surface area contributed by atoms with E-state index in [1.807, 2.05) is 6.08 Å². The Kier molecular flexibility index (Phi) is 6.12. The van der Waals surface area contributed by atoms with Crippen molar-refractivity contribution in [3.8, 4) is 0 Å². The maximum absolute atomic E-state index is 3.97. The van der Waals surface area contributed by atoms with Gasteiger partial charge in [0, 0.05) is 5.92 Å². The zero-order valence-corrected chi connectivity index (χ0v) is 15.0. The third-order valence-corrected chi connectivity index (χ3v) is 6.20. The fourth-order valence-electron chi connectivity index (χ4n) is 4.52. The van der Waals surface area contributed by atoms with Crippen molar-refractivity contribution in [2.75, 3.05) is 0 Å². The van der Waals surface area contributed by atoms with E-state index in [0.29, 0.717) is 5.92 Å². The van der Waals surface area contributed by atoms with Crippen LogP contribution in [-0.2, 0) is 6.42 Å². The highest BCUT2D eigenvalue weighted by Crippen LogP contribution is 2.40. The minimum Gasteiger partial charge on any atom is -0.103 e. The number of hydrogen-bond acceptors (Lipinski definition) is 0. The van der Waals surface area contributed by atoms with Crippen LogP contribution in [0.2, 0.25) is 0 Å². The molecule has 2 aliphatic carbocycles. The highest BCUT2D eigenvalue weighted by Gasteiger charge is 2.27. The van der Waals surface area contributed by atoms with Crippen LogP contribution in [0.1, 0.15) is 62.0 Å². The van der Waals surface area contributed by atoms with Crippen LogP contribution in [0.4, 0.5) is 0 Å². The number of hydrogen-bond donors (Lipinski definition) is 0. The van der Waals surface area contributed by atoms with Crippen molar-refractivity contribution >= 4 is 0 Å². The molecule has 0 heteroatoms. The highest BCUT2D eigenvalue weighted by molar-refractivity contribution is 5.29. The van der Waals surface area contributed by atoms with Crippen molar-refractivity contribution in [2.45, 2.75) is 57.3 Å². The monoisotopic (exact) mass is 320 g/mol. The first-order chi connectivity index (χ1) is 11.8. The van der Waals surface area contributed by atoms with E-state index in [4.69, 9.17) is 0 Å². The van der Waals surface area contributed by atoms with Gasteiger partial charge in [-0.15, -0.1) is 13.2 Å². The Balaban J connectivity index is 1.55. The Morgan fingerprint density at radius 2 is 1.62 bits per heavy atom. The van der Waals surface area contributed by atoms with Crippen molar-refractivity contribution in [1.29, 1.82) is 0 Å². The average molecular weight is 321 g/mol. The molecular formula is C24H32. The van der Waals surface area contributed by atoms with E-state index in [-0.39, 0.29) is 0 Å². The largest absolute Gasteiger partial charge is 0.103 e. The molecule has 0 N–H and O–H groups in total. The van der Waals surface area contributed by atoms with E-state index in [1.165, 1.54) is 49.7 Å². The van der Waals surface area contributed by atoms with Crippen molar-refractivity contribution in [3.05, 3.63) is 72.9 Å². The minimum absolute atomic E-state index is 0.624. The van der Waals surface area contributed by atoms with E-state index in [1.54, 1.807) is 0 Å². The summed E-state index contributed by atoms with van der Waals surface area (Å²) < 4.78 is 0. The third kappa shape index (κ3) is 4.29. The van der Waals surface area contributed by atoms with E-state index in [9.17, 15) is 0 Å². The molecule has 1 aromatic carbocycles. The summed E-state index contributed by atoms with van der Waals surface area (Å²) in [5, 5.41) is 0. The number of rotatable bonds is 6. The lowest BCUT2D eigenvalue weighted by atomic mass is 9.71. The summed E-state index contributed by atoms with van der Waals surface area (Å²) in [6.45, 7) is 7.78. The Labute approximate surface area is 148 Å². The Hall–Kier alpha value is -1.56. The van der Waals surface area contributed by atoms with Crippen LogP contribution in [0.3, 0.4) is 0 Å². The molecule has 1 saturated carbocycles. The fraction of sp³-hybridized carbons (Fsp3) is 0.500. The second-order valence-corrected chi connectivity index (χ2v) is 7.71. The summed E-state index contributed by atoms with van der Waals surface area (Å²) in [4.78, 5) is 0. The SMILES string of the molecule is C=CCCc1ccc(C2C=CC(C3CCC(C=C)CC3)CC2)cc1. The van der Waals surface area contributed by atoms with Crippen LogP contribution in [0.15, 0.2) is 61.7 Å². The van der Waals surface area contributed by atoms with Gasteiger partial charge in [-0.3, -0.25) is 0 Å². The van der Waals surface area contributed by atoms with Crippen molar-refractivity contribution < 1.29 is 0 Å². The summed E-state index contributed by atoms with van der Waals surface area (Å²) in [5.41, 5.74) is 2.91. The maximum Gasteiger partial charge on any atom is 0.00182 e. The smallest absolute Gasteiger partial charge is 0.00182 e. The maximum atomic E-state index is 3.97. The standard InChI is InChI=1S/C24H32/c1-3-5-6-20-9-13-22(14-10-20)24-17-15-23(16-18-24)21-11-7-19(4-2)8-12-21/h3-4,9-10,13-15,17,19,21,23-24H,1-2,5-8,11-12,16,18H2. The molecule has 3 rings (SSSR count). The molecular weight excluding hydrogens is 288 g/mol. The molecule has 2 atom stereocenters. The second-order valence-electron chi connectivity index (χ2n) is 7.71. The summed E-state index contributed by atoms with van der Waals surface area (Å²) >= 11 is 0. The van der Waals surface area contributed by atoms with E-state index >= 15 is 0 Å². The molecule has 0 saturated heterocycles. The average Bonchev–Trinajstić information content (AvgIpc) is 2.67. The molecule has 0 nitrogen and oxygen atoms in total. The molecule has 0 aromatic heterocycles. The van der Waals surface area contributed by atoms with E-state index in [0.717, 1.165) is 30.6 Å². The predicted octanol–water partition coefficient (Wildman–Crippen LogP) is 6.85. The van der Waals surface area contributed by atoms with Gasteiger partial charge in [0.25, 0.3) is 0 Å². The normalized spacial score (nSPS) is 30.0. The van der Waals surface area contributed by atoms with Gasteiger partial charge in [-0.1, -0.05) is 48.6 Å². The molecule has 2 unspecified atom stereocenters. The van der Waals surface area contributed by atoms with Crippen LogP contribution < -0.4 is 0 Å². The molecule has 0 spiro atoms. The predicted molar refractivity (Wildman–Crippen MR) is 105 cm³/mol. The van der Waals surface area contributed by atoms with E-state index in [2.05, 4.69) is 55.7 Å². The first-order valence-electron chi connectivity index (χ1n) is 9.80. The van der Waals surface area contributed by atoms with Gasteiger partial charge in [0.05, 0.1) is 0 Å². The number of aryl methyl sites for hydroxylation is 1. The van der Waals surface area contributed by atoms with Crippen LogP contribution in [-0.4, -0.2) is 0 Å². The molecule has 0 amide bonds. The van der Waals surface area contributed by atoms with Gasteiger partial charge in [0.15, 0.2) is 0 Å². The summed E-state index contributed by atoms with van der Waals surface area (Å²) in [6.07, 6.45) is 19.6. The van der Waals surface area contributed by atoms with Gasteiger partial charge in [0.1, 0.15) is 0 Å². The van der Waals surface area contributed by atoms with Crippen LogP contribution in [0.25, 0.3) is 0 Å². The Bertz CT molecular complexity index is 554. The molecule has 0 radical (unpaired) electrons. The summed E-state index contributed by atoms with van der Waals surface area (Å²) in [6, 6.07) is 9.27. The molecule has 24 heavy (non-hydrogen) atoms. The van der Waals surface area contributed by atoms with Gasteiger partial charge < -0.3 is 0 Å². The number of benzene rings is 1. The lowest BCUT2D eigenvalue weighted by molar-refractivity contribution is 0.237. The van der Waals surface area contributed by atoms with Gasteiger partial charge >= 0.3 is 0 Å². The summed E-state index contributed by atoms with van der Waals surface area (Å²) in [7, 11) is 0. The lowest BCUT2D eigenvalue weighted by Crippen LogP contribution is -2.22. The number of allylic oxidation sites excluding steroid dienone is 4. The van der Waals surface area contributed by atoms with Crippen molar-refractivity contribution in [3.63, 3.8) is 0 Å². The van der Waals surface area contributed by atoms with Crippen LogP contribution in [0, 0.1) is 17.8 Å². The fourth-order valence-corrected chi connectivity index (χ4v) is 4.52. The topological polar surface area (TPSA) is 0 Å². The molecule has 1 fully saturated rings. The lowest BCUT2D eigenvalue weighted by Gasteiger charge is -2.34. The first kappa shape index (κ1) is 17.3. The van der Waals surface area contributed by atoms with Gasteiger partial charge in [-0.25, -0.2) is 0 Å².